The SMILES string of the molecule is Cc1ccc2c(c1)OC(COC1=CCC(C(O)n3c(C)cc4c(CC(=O)O)cccc43)C=C1)CN2C. The van der Waals surface area contributed by atoms with Crippen molar-refractivity contribution >= 4 is 22.6 Å². The second-order valence-corrected chi connectivity index (χ2v) is 9.76. The third kappa shape index (κ3) is 4.71. The molecule has 3 unspecified atom stereocenters. The minimum atomic E-state index is -0.870. The van der Waals surface area contributed by atoms with Crippen LogP contribution in [0.1, 0.15) is 29.5 Å². The number of aromatic nitrogens is 1. The highest BCUT2D eigenvalue weighted by molar-refractivity contribution is 5.88. The second kappa shape index (κ2) is 9.74. The summed E-state index contributed by atoms with van der Waals surface area (Å²) >= 11 is 0. The summed E-state index contributed by atoms with van der Waals surface area (Å²) in [6.45, 7) is 5.18. The molecule has 2 heterocycles. The van der Waals surface area contributed by atoms with Crippen LogP contribution in [0.25, 0.3) is 10.9 Å². The molecule has 7 nitrogen and oxygen atoms in total. The number of hydrogen-bond donors (Lipinski definition) is 2. The van der Waals surface area contributed by atoms with E-state index in [2.05, 4.69) is 37.1 Å². The molecule has 0 saturated carbocycles. The zero-order valence-electron chi connectivity index (χ0n) is 20.8. The van der Waals surface area contributed by atoms with E-state index in [-0.39, 0.29) is 18.4 Å². The molecule has 0 saturated heterocycles. The lowest BCUT2D eigenvalue weighted by Gasteiger charge is -2.34. The fourth-order valence-corrected chi connectivity index (χ4v) is 5.18. The van der Waals surface area contributed by atoms with Gasteiger partial charge in [-0.3, -0.25) is 4.79 Å². The first-order chi connectivity index (χ1) is 17.3. The topological polar surface area (TPSA) is 84.2 Å². The van der Waals surface area contributed by atoms with E-state index in [0.29, 0.717) is 13.0 Å². The van der Waals surface area contributed by atoms with Gasteiger partial charge in [-0.05, 0) is 67.8 Å². The summed E-state index contributed by atoms with van der Waals surface area (Å²) in [5.74, 6) is 0.666. The second-order valence-electron chi connectivity index (χ2n) is 9.76. The van der Waals surface area contributed by atoms with Gasteiger partial charge in [-0.2, -0.15) is 0 Å². The lowest BCUT2D eigenvalue weighted by Crippen LogP contribution is -2.40. The van der Waals surface area contributed by atoms with Crippen molar-refractivity contribution in [2.45, 2.75) is 39.0 Å². The van der Waals surface area contributed by atoms with Crippen LogP contribution in [0.4, 0.5) is 5.69 Å². The molecule has 0 amide bonds. The predicted octanol–water partition coefficient (Wildman–Crippen LogP) is 4.75. The van der Waals surface area contributed by atoms with E-state index in [0.717, 1.165) is 51.5 Å². The largest absolute Gasteiger partial charge is 0.490 e. The van der Waals surface area contributed by atoms with Crippen LogP contribution >= 0.6 is 0 Å². The van der Waals surface area contributed by atoms with Gasteiger partial charge in [0.15, 0.2) is 0 Å². The zero-order valence-corrected chi connectivity index (χ0v) is 20.8. The number of aliphatic hydroxyl groups excluding tert-OH is 1. The molecule has 1 aliphatic heterocycles. The smallest absolute Gasteiger partial charge is 0.307 e. The van der Waals surface area contributed by atoms with Gasteiger partial charge in [0, 0.05) is 24.0 Å². The van der Waals surface area contributed by atoms with Crippen LogP contribution < -0.4 is 9.64 Å². The summed E-state index contributed by atoms with van der Waals surface area (Å²) in [5, 5.41) is 21.4. The van der Waals surface area contributed by atoms with Crippen molar-refractivity contribution < 1.29 is 24.5 Å². The van der Waals surface area contributed by atoms with E-state index < -0.39 is 12.2 Å². The minimum Gasteiger partial charge on any atom is -0.490 e. The number of fused-ring (bicyclic) bond motifs is 2. The first-order valence-corrected chi connectivity index (χ1v) is 12.3. The lowest BCUT2D eigenvalue weighted by atomic mass is 9.97. The van der Waals surface area contributed by atoms with Gasteiger partial charge >= 0.3 is 5.97 Å². The highest BCUT2D eigenvalue weighted by Crippen LogP contribution is 2.35. The normalized spacial score (nSPS) is 20.0. The van der Waals surface area contributed by atoms with E-state index in [4.69, 9.17) is 9.47 Å². The maximum Gasteiger partial charge on any atom is 0.307 e. The van der Waals surface area contributed by atoms with Gasteiger partial charge in [0.2, 0.25) is 0 Å². The number of carboxylic acids is 1. The van der Waals surface area contributed by atoms with E-state index in [9.17, 15) is 15.0 Å². The fourth-order valence-electron chi connectivity index (χ4n) is 5.18. The summed E-state index contributed by atoms with van der Waals surface area (Å²) in [7, 11) is 2.06. The molecule has 0 bridgehead atoms. The van der Waals surface area contributed by atoms with Crippen molar-refractivity contribution in [3.8, 4) is 5.75 Å². The number of aryl methyl sites for hydroxylation is 2. The van der Waals surface area contributed by atoms with Gasteiger partial charge < -0.3 is 29.2 Å². The van der Waals surface area contributed by atoms with E-state index >= 15 is 0 Å². The van der Waals surface area contributed by atoms with Crippen LogP contribution in [0.3, 0.4) is 0 Å². The first kappa shape index (κ1) is 24.0. The maximum absolute atomic E-state index is 11.3. The quantitative estimate of drug-likeness (QED) is 0.499. The highest BCUT2D eigenvalue weighted by Gasteiger charge is 2.26. The molecule has 5 rings (SSSR count). The molecule has 3 aromatic rings. The number of allylic oxidation sites excluding steroid dienone is 2. The number of aliphatic carboxylic acids is 1. The molecular weight excluding hydrogens is 456 g/mol. The van der Waals surface area contributed by atoms with Crippen molar-refractivity contribution in [3.05, 3.63) is 83.3 Å². The number of hydrogen-bond acceptors (Lipinski definition) is 5. The van der Waals surface area contributed by atoms with Crippen molar-refractivity contribution in [2.24, 2.45) is 5.92 Å². The number of ether oxygens (including phenoxy) is 2. The summed E-state index contributed by atoms with van der Waals surface area (Å²) in [6.07, 6.45) is 5.65. The highest BCUT2D eigenvalue weighted by atomic mass is 16.5. The van der Waals surface area contributed by atoms with E-state index in [1.807, 2.05) is 54.0 Å². The molecular formula is C29H32N2O5. The number of nitrogens with zero attached hydrogens (tertiary/aromatic N) is 2. The molecule has 2 aromatic carbocycles. The van der Waals surface area contributed by atoms with Crippen LogP contribution in [0.15, 0.2) is 66.5 Å². The third-order valence-electron chi connectivity index (χ3n) is 6.99. The van der Waals surface area contributed by atoms with Gasteiger partial charge in [-0.15, -0.1) is 0 Å². The van der Waals surface area contributed by atoms with E-state index in [1.165, 1.54) is 0 Å². The average Bonchev–Trinajstić information content (AvgIpc) is 3.19. The Balaban J connectivity index is 1.23. The molecule has 7 heteroatoms. The number of anilines is 1. The number of benzene rings is 2. The van der Waals surface area contributed by atoms with Gasteiger partial charge in [-0.25, -0.2) is 0 Å². The number of likely N-dealkylation sites (N-methyl/N-ethyl adjacent to an activating group) is 1. The van der Waals surface area contributed by atoms with Gasteiger partial charge in [-0.1, -0.05) is 24.3 Å². The van der Waals surface area contributed by atoms with E-state index in [1.54, 1.807) is 0 Å². The monoisotopic (exact) mass is 488 g/mol. The number of carboxylic acid groups (broad SMARTS) is 1. The van der Waals surface area contributed by atoms with Crippen molar-refractivity contribution in [1.82, 2.24) is 4.57 Å². The number of aliphatic hydroxyl groups is 1. The van der Waals surface area contributed by atoms with Crippen molar-refractivity contribution in [3.63, 3.8) is 0 Å². The van der Waals surface area contributed by atoms with Gasteiger partial charge in [0.25, 0.3) is 0 Å². The molecule has 2 N–H and O–H groups in total. The molecule has 188 valence electrons. The predicted molar refractivity (Wildman–Crippen MR) is 139 cm³/mol. The Kier molecular flexibility index (Phi) is 6.49. The molecule has 0 radical (unpaired) electrons. The van der Waals surface area contributed by atoms with Crippen molar-refractivity contribution in [2.75, 3.05) is 25.1 Å². The average molecular weight is 489 g/mol. The Morgan fingerprint density at radius 2 is 2.06 bits per heavy atom. The number of carbonyl (C=O) groups is 1. The first-order valence-electron chi connectivity index (χ1n) is 12.3. The maximum atomic E-state index is 11.3. The Morgan fingerprint density at radius 3 is 2.81 bits per heavy atom. The molecule has 1 aromatic heterocycles. The molecule has 2 aliphatic rings. The van der Waals surface area contributed by atoms with Gasteiger partial charge in [0.05, 0.1) is 24.2 Å². The Hall–Kier alpha value is -3.71. The fraction of sp³-hybridized carbons (Fsp3) is 0.345. The van der Waals surface area contributed by atoms with Crippen LogP contribution in [0.2, 0.25) is 0 Å². The minimum absolute atomic E-state index is 0.0463. The molecule has 3 atom stereocenters. The van der Waals surface area contributed by atoms with Crippen LogP contribution in [-0.4, -0.2) is 47.1 Å². The molecule has 0 fully saturated rings. The summed E-state index contributed by atoms with van der Waals surface area (Å²) in [6, 6.07) is 13.8. The van der Waals surface area contributed by atoms with Crippen LogP contribution in [0, 0.1) is 19.8 Å². The number of rotatable bonds is 7. The third-order valence-corrected chi connectivity index (χ3v) is 6.99. The van der Waals surface area contributed by atoms with Crippen molar-refractivity contribution in [1.29, 1.82) is 0 Å². The zero-order chi connectivity index (χ0) is 25.4. The Morgan fingerprint density at radius 1 is 1.22 bits per heavy atom. The summed E-state index contributed by atoms with van der Waals surface area (Å²) in [4.78, 5) is 13.5. The lowest BCUT2D eigenvalue weighted by molar-refractivity contribution is -0.136. The van der Waals surface area contributed by atoms with Crippen LogP contribution in [0.5, 0.6) is 5.75 Å². The standard InChI is InChI=1S/C29H32N2O5/c1-18-7-12-26-27(13-18)36-23(16-30(26)3)17-35-22-10-8-20(9-11-22)29(34)31-19(2)14-24-21(15-28(32)33)5-4-6-25(24)31/h4-8,10-14,20,23,29,34H,9,15-17H2,1-3H3,(H,32,33). The molecule has 1 aliphatic carbocycles. The molecule has 0 spiro atoms. The summed E-state index contributed by atoms with van der Waals surface area (Å²) < 4.78 is 14.1. The Labute approximate surface area is 210 Å². The van der Waals surface area contributed by atoms with Crippen LogP contribution in [-0.2, 0) is 16.0 Å². The van der Waals surface area contributed by atoms with Gasteiger partial charge in [0.1, 0.15) is 30.4 Å². The molecule has 36 heavy (non-hydrogen) atoms. The Bertz CT molecular complexity index is 1360. The summed E-state index contributed by atoms with van der Waals surface area (Å²) in [5.41, 5.74) is 4.73.